The summed E-state index contributed by atoms with van der Waals surface area (Å²) >= 11 is 7.46. The minimum Gasteiger partial charge on any atom is -0.326 e. The molecule has 2 aromatic carbocycles. The molecule has 104 valence electrons. The minimum atomic E-state index is -0.0778. The van der Waals surface area contributed by atoms with E-state index in [9.17, 15) is 4.79 Å². The Hall–Kier alpha value is -1.49. The number of hydrogen-bond donors (Lipinski definition) is 2. The van der Waals surface area contributed by atoms with E-state index in [4.69, 9.17) is 17.3 Å². The van der Waals surface area contributed by atoms with Crippen molar-refractivity contribution in [2.75, 3.05) is 11.1 Å². The summed E-state index contributed by atoms with van der Waals surface area (Å²) in [5.41, 5.74) is 7.25. The number of carbonyl (C=O) groups is 1. The van der Waals surface area contributed by atoms with Gasteiger partial charge in [0.25, 0.3) is 0 Å². The zero-order valence-electron chi connectivity index (χ0n) is 10.8. The molecule has 5 heteroatoms. The van der Waals surface area contributed by atoms with Gasteiger partial charge < -0.3 is 11.1 Å². The number of carbonyl (C=O) groups excluding carboxylic acids is 1. The van der Waals surface area contributed by atoms with Gasteiger partial charge >= 0.3 is 0 Å². The first-order valence-corrected chi connectivity index (χ1v) is 7.51. The lowest BCUT2D eigenvalue weighted by Gasteiger charge is -2.07. The van der Waals surface area contributed by atoms with Crippen LogP contribution in [0.25, 0.3) is 0 Å². The van der Waals surface area contributed by atoms with Crippen LogP contribution in [-0.2, 0) is 11.3 Å². The minimum absolute atomic E-state index is 0.0778. The Morgan fingerprint density at radius 1 is 1.15 bits per heavy atom. The van der Waals surface area contributed by atoms with Crippen LogP contribution in [0.1, 0.15) is 5.56 Å². The molecular weight excluding hydrogens is 292 g/mol. The molecule has 0 bridgehead atoms. The second kappa shape index (κ2) is 7.33. The summed E-state index contributed by atoms with van der Waals surface area (Å²) in [6.45, 7) is 0.526. The first-order chi connectivity index (χ1) is 9.69. The fourth-order valence-corrected chi connectivity index (χ4v) is 2.50. The van der Waals surface area contributed by atoms with E-state index in [1.54, 1.807) is 12.1 Å². The van der Waals surface area contributed by atoms with Crippen molar-refractivity contribution in [2.24, 2.45) is 5.73 Å². The Morgan fingerprint density at radius 2 is 1.85 bits per heavy atom. The normalized spacial score (nSPS) is 10.3. The first kappa shape index (κ1) is 14.9. The fourth-order valence-electron chi connectivity index (χ4n) is 1.62. The lowest BCUT2D eigenvalue weighted by atomic mass is 10.2. The van der Waals surface area contributed by atoms with Crippen LogP contribution in [-0.4, -0.2) is 11.7 Å². The molecule has 20 heavy (non-hydrogen) atoms. The van der Waals surface area contributed by atoms with E-state index >= 15 is 0 Å². The summed E-state index contributed by atoms with van der Waals surface area (Å²) < 4.78 is 0. The predicted molar refractivity (Wildman–Crippen MR) is 85.1 cm³/mol. The third-order valence-electron chi connectivity index (χ3n) is 2.68. The SMILES string of the molecule is NCc1ccc(SCC(=O)Nc2ccccc2Cl)cc1. The van der Waals surface area contributed by atoms with Crippen molar-refractivity contribution < 1.29 is 4.79 Å². The second-order valence-electron chi connectivity index (χ2n) is 4.16. The molecule has 0 aromatic heterocycles. The van der Waals surface area contributed by atoms with Gasteiger partial charge in [-0.15, -0.1) is 11.8 Å². The van der Waals surface area contributed by atoms with Crippen LogP contribution < -0.4 is 11.1 Å². The summed E-state index contributed by atoms with van der Waals surface area (Å²) in [5.74, 6) is 0.263. The summed E-state index contributed by atoms with van der Waals surface area (Å²) in [7, 11) is 0. The van der Waals surface area contributed by atoms with Crippen LogP contribution in [0.5, 0.6) is 0 Å². The fraction of sp³-hybridized carbons (Fsp3) is 0.133. The van der Waals surface area contributed by atoms with Crippen LogP contribution in [0.2, 0.25) is 5.02 Å². The highest BCUT2D eigenvalue weighted by atomic mass is 35.5. The van der Waals surface area contributed by atoms with Gasteiger partial charge in [0.15, 0.2) is 0 Å². The number of benzene rings is 2. The molecule has 3 N–H and O–H groups in total. The van der Waals surface area contributed by atoms with E-state index in [1.165, 1.54) is 11.8 Å². The highest BCUT2D eigenvalue weighted by Crippen LogP contribution is 2.22. The van der Waals surface area contributed by atoms with Gasteiger partial charge in [-0.2, -0.15) is 0 Å². The Kier molecular flexibility index (Phi) is 5.47. The molecule has 0 aliphatic rings. The Morgan fingerprint density at radius 3 is 2.50 bits per heavy atom. The smallest absolute Gasteiger partial charge is 0.234 e. The molecule has 0 heterocycles. The van der Waals surface area contributed by atoms with Crippen molar-refractivity contribution in [3.8, 4) is 0 Å². The van der Waals surface area contributed by atoms with Gasteiger partial charge in [-0.25, -0.2) is 0 Å². The molecular formula is C15H15ClN2OS. The van der Waals surface area contributed by atoms with Crippen LogP contribution in [0, 0.1) is 0 Å². The highest BCUT2D eigenvalue weighted by Gasteiger charge is 2.06. The summed E-state index contributed by atoms with van der Waals surface area (Å²) in [5, 5.41) is 3.33. The molecule has 3 nitrogen and oxygen atoms in total. The van der Waals surface area contributed by atoms with E-state index in [1.807, 2.05) is 36.4 Å². The number of anilines is 1. The molecule has 0 radical (unpaired) electrons. The monoisotopic (exact) mass is 306 g/mol. The molecule has 0 fully saturated rings. The number of amides is 1. The van der Waals surface area contributed by atoms with Gasteiger partial charge in [-0.05, 0) is 29.8 Å². The van der Waals surface area contributed by atoms with E-state index in [0.717, 1.165) is 10.5 Å². The first-order valence-electron chi connectivity index (χ1n) is 6.15. The van der Waals surface area contributed by atoms with Crippen LogP contribution in [0.15, 0.2) is 53.4 Å². The van der Waals surface area contributed by atoms with Crippen LogP contribution in [0.3, 0.4) is 0 Å². The van der Waals surface area contributed by atoms with E-state index in [-0.39, 0.29) is 5.91 Å². The van der Waals surface area contributed by atoms with E-state index in [0.29, 0.717) is 23.0 Å². The maximum absolute atomic E-state index is 11.9. The van der Waals surface area contributed by atoms with Crippen LogP contribution >= 0.6 is 23.4 Å². The number of nitrogens with one attached hydrogen (secondary N) is 1. The molecule has 1 amide bonds. The third kappa shape index (κ3) is 4.27. The molecule has 0 spiro atoms. The number of thioether (sulfide) groups is 1. The van der Waals surface area contributed by atoms with Gasteiger partial charge in [-0.3, -0.25) is 4.79 Å². The summed E-state index contributed by atoms with van der Waals surface area (Å²) in [6.07, 6.45) is 0. The van der Waals surface area contributed by atoms with E-state index in [2.05, 4.69) is 5.32 Å². The van der Waals surface area contributed by atoms with Gasteiger partial charge in [0.1, 0.15) is 0 Å². The Balaban J connectivity index is 1.87. The van der Waals surface area contributed by atoms with Crippen molar-refractivity contribution in [1.82, 2.24) is 0 Å². The van der Waals surface area contributed by atoms with Crippen LogP contribution in [0.4, 0.5) is 5.69 Å². The highest BCUT2D eigenvalue weighted by molar-refractivity contribution is 8.00. The lowest BCUT2D eigenvalue weighted by Crippen LogP contribution is -2.14. The summed E-state index contributed by atoms with van der Waals surface area (Å²) in [6, 6.07) is 15.1. The number of rotatable bonds is 5. The summed E-state index contributed by atoms with van der Waals surface area (Å²) in [4.78, 5) is 12.9. The Labute approximate surface area is 127 Å². The van der Waals surface area contributed by atoms with Gasteiger partial charge in [0.05, 0.1) is 16.5 Å². The van der Waals surface area contributed by atoms with Crippen molar-refractivity contribution in [3.05, 3.63) is 59.1 Å². The largest absolute Gasteiger partial charge is 0.326 e. The average molecular weight is 307 g/mol. The maximum atomic E-state index is 11.9. The van der Waals surface area contributed by atoms with Crippen molar-refractivity contribution >= 4 is 35.0 Å². The predicted octanol–water partition coefficient (Wildman–Crippen LogP) is 3.53. The van der Waals surface area contributed by atoms with Crippen molar-refractivity contribution in [3.63, 3.8) is 0 Å². The number of para-hydroxylation sites is 1. The van der Waals surface area contributed by atoms with E-state index < -0.39 is 0 Å². The molecule has 0 unspecified atom stereocenters. The van der Waals surface area contributed by atoms with Gasteiger partial charge in [-0.1, -0.05) is 35.9 Å². The number of nitrogens with two attached hydrogens (primary N) is 1. The van der Waals surface area contributed by atoms with Crippen molar-refractivity contribution in [2.45, 2.75) is 11.4 Å². The molecule has 0 aliphatic carbocycles. The quantitative estimate of drug-likeness (QED) is 0.831. The molecule has 0 aliphatic heterocycles. The molecule has 0 saturated carbocycles. The third-order valence-corrected chi connectivity index (χ3v) is 4.02. The topological polar surface area (TPSA) is 55.1 Å². The molecule has 2 aromatic rings. The molecule has 2 rings (SSSR count). The molecule has 0 atom stereocenters. The number of halogens is 1. The van der Waals surface area contributed by atoms with Gasteiger partial charge in [0.2, 0.25) is 5.91 Å². The number of hydrogen-bond acceptors (Lipinski definition) is 3. The average Bonchev–Trinajstić information content (AvgIpc) is 2.48. The van der Waals surface area contributed by atoms with Gasteiger partial charge in [0, 0.05) is 11.4 Å². The zero-order valence-corrected chi connectivity index (χ0v) is 12.4. The standard InChI is InChI=1S/C15H15ClN2OS/c16-13-3-1-2-4-14(13)18-15(19)10-20-12-7-5-11(9-17)6-8-12/h1-8H,9-10,17H2,(H,18,19). The van der Waals surface area contributed by atoms with Crippen molar-refractivity contribution in [1.29, 1.82) is 0 Å². The Bertz CT molecular complexity index is 587. The second-order valence-corrected chi connectivity index (χ2v) is 5.62. The lowest BCUT2D eigenvalue weighted by molar-refractivity contribution is -0.113. The zero-order chi connectivity index (χ0) is 14.4. The molecule has 0 saturated heterocycles. The maximum Gasteiger partial charge on any atom is 0.234 e.